The summed E-state index contributed by atoms with van der Waals surface area (Å²) >= 11 is 17.3. The van der Waals surface area contributed by atoms with Crippen LogP contribution >= 0.6 is 34.8 Å². The van der Waals surface area contributed by atoms with Crippen molar-refractivity contribution in [3.05, 3.63) is 51.9 Å². The van der Waals surface area contributed by atoms with Gasteiger partial charge in [0.2, 0.25) is 0 Å². The Labute approximate surface area is 124 Å². The number of amides is 1. The van der Waals surface area contributed by atoms with Crippen molar-refractivity contribution in [1.82, 2.24) is 9.97 Å². The van der Waals surface area contributed by atoms with Gasteiger partial charge in [0.05, 0.1) is 0 Å². The molecule has 98 valence electrons. The first-order chi connectivity index (χ1) is 9.11. The number of anilines is 1. The third-order valence-electron chi connectivity index (χ3n) is 2.35. The molecule has 0 fully saturated rings. The Hall–Kier alpha value is -1.36. The van der Waals surface area contributed by atoms with Gasteiger partial charge in [-0.2, -0.15) is 0 Å². The monoisotopic (exact) mass is 315 g/mol. The Balaban J connectivity index is 2.18. The maximum absolute atomic E-state index is 12.0. The Kier molecular flexibility index (Phi) is 4.58. The molecule has 0 aliphatic carbocycles. The molecule has 1 amide bonds. The molecule has 1 aromatic carbocycles. The lowest BCUT2D eigenvalue weighted by Gasteiger charge is -2.06. The van der Waals surface area contributed by atoms with Gasteiger partial charge in [0.1, 0.15) is 11.3 Å². The molecule has 2 aromatic rings. The molecule has 7 heteroatoms. The third-order valence-corrected chi connectivity index (χ3v) is 3.40. The molecule has 2 rings (SSSR count). The Morgan fingerprint density at radius 1 is 1.16 bits per heavy atom. The molecular weight excluding hydrogens is 309 g/mol. The van der Waals surface area contributed by atoms with Crippen LogP contribution in [-0.2, 0) is 5.88 Å². The van der Waals surface area contributed by atoms with Crippen molar-refractivity contribution in [2.75, 3.05) is 5.32 Å². The standard InChI is InChI=1S/C12H8Cl3N3O/c13-5-7-1-3-8(4-2-7)12(19)18-11-9(14)10(15)16-6-17-11/h1-4,6H,5H2,(H,16,17,18,19). The minimum atomic E-state index is -0.335. The van der Waals surface area contributed by atoms with Crippen LogP contribution in [0.3, 0.4) is 0 Å². The van der Waals surface area contributed by atoms with Crippen LogP contribution in [0, 0.1) is 0 Å². The van der Waals surface area contributed by atoms with E-state index in [2.05, 4.69) is 15.3 Å². The maximum Gasteiger partial charge on any atom is 0.256 e. The SMILES string of the molecule is O=C(Nc1ncnc(Cl)c1Cl)c1ccc(CCl)cc1. The van der Waals surface area contributed by atoms with Crippen LogP contribution in [0.4, 0.5) is 5.82 Å². The number of aromatic nitrogens is 2. The summed E-state index contributed by atoms with van der Waals surface area (Å²) in [5.41, 5.74) is 1.40. The number of carbonyl (C=O) groups excluding carboxylic acids is 1. The van der Waals surface area contributed by atoms with Gasteiger partial charge >= 0.3 is 0 Å². The summed E-state index contributed by atoms with van der Waals surface area (Å²) in [6.07, 6.45) is 1.22. The Morgan fingerprint density at radius 2 is 1.84 bits per heavy atom. The van der Waals surface area contributed by atoms with E-state index in [4.69, 9.17) is 34.8 Å². The number of hydrogen-bond donors (Lipinski definition) is 1. The van der Waals surface area contributed by atoms with Gasteiger partial charge in [0, 0.05) is 11.4 Å². The van der Waals surface area contributed by atoms with Crippen LogP contribution < -0.4 is 5.32 Å². The highest BCUT2D eigenvalue weighted by Crippen LogP contribution is 2.25. The first-order valence-corrected chi connectivity index (χ1v) is 6.53. The third kappa shape index (κ3) is 3.35. The smallest absolute Gasteiger partial charge is 0.256 e. The van der Waals surface area contributed by atoms with Crippen molar-refractivity contribution in [3.63, 3.8) is 0 Å². The van der Waals surface area contributed by atoms with Crippen LogP contribution in [0.5, 0.6) is 0 Å². The van der Waals surface area contributed by atoms with Crippen LogP contribution in [0.25, 0.3) is 0 Å². The Morgan fingerprint density at radius 3 is 2.47 bits per heavy atom. The number of hydrogen-bond acceptors (Lipinski definition) is 3. The van der Waals surface area contributed by atoms with Gasteiger partial charge in [0.15, 0.2) is 11.0 Å². The zero-order valence-electron chi connectivity index (χ0n) is 9.53. The van der Waals surface area contributed by atoms with Crippen LogP contribution in [0.15, 0.2) is 30.6 Å². The van der Waals surface area contributed by atoms with E-state index in [1.165, 1.54) is 6.33 Å². The van der Waals surface area contributed by atoms with E-state index in [1.807, 2.05) is 0 Å². The second kappa shape index (κ2) is 6.19. The summed E-state index contributed by atoms with van der Waals surface area (Å²) in [5, 5.41) is 2.76. The van der Waals surface area contributed by atoms with E-state index in [0.29, 0.717) is 11.4 Å². The molecule has 1 N–H and O–H groups in total. The van der Waals surface area contributed by atoms with Crippen LogP contribution in [0.1, 0.15) is 15.9 Å². The summed E-state index contributed by atoms with van der Waals surface area (Å²) in [6, 6.07) is 6.89. The topological polar surface area (TPSA) is 54.9 Å². The fourth-order valence-corrected chi connectivity index (χ4v) is 1.82. The number of nitrogens with zero attached hydrogens (tertiary/aromatic N) is 2. The Bertz CT molecular complexity index is 602. The normalized spacial score (nSPS) is 10.3. The minimum absolute atomic E-state index is 0.0875. The number of benzene rings is 1. The van der Waals surface area contributed by atoms with Crippen molar-refractivity contribution >= 4 is 46.5 Å². The summed E-state index contributed by atoms with van der Waals surface area (Å²) in [4.78, 5) is 19.5. The van der Waals surface area contributed by atoms with Gasteiger partial charge < -0.3 is 5.32 Å². The molecule has 0 atom stereocenters. The summed E-state index contributed by atoms with van der Waals surface area (Å²) in [6.45, 7) is 0. The molecule has 0 unspecified atom stereocenters. The quantitative estimate of drug-likeness (QED) is 0.692. The van der Waals surface area contributed by atoms with Gasteiger partial charge in [-0.05, 0) is 17.7 Å². The highest BCUT2D eigenvalue weighted by molar-refractivity contribution is 6.43. The molecule has 19 heavy (non-hydrogen) atoms. The second-order valence-electron chi connectivity index (χ2n) is 3.61. The molecule has 0 radical (unpaired) electrons. The predicted octanol–water partition coefficient (Wildman–Crippen LogP) is 3.77. The van der Waals surface area contributed by atoms with Crippen LogP contribution in [-0.4, -0.2) is 15.9 Å². The van der Waals surface area contributed by atoms with Crippen molar-refractivity contribution in [2.45, 2.75) is 5.88 Å². The number of carbonyl (C=O) groups is 1. The minimum Gasteiger partial charge on any atom is -0.305 e. The maximum atomic E-state index is 12.0. The van der Waals surface area contributed by atoms with Gasteiger partial charge in [-0.1, -0.05) is 35.3 Å². The number of rotatable bonds is 3. The molecule has 0 bridgehead atoms. The van der Waals surface area contributed by atoms with Gasteiger partial charge in [0.25, 0.3) is 5.91 Å². The summed E-state index contributed by atoms with van der Waals surface area (Å²) in [7, 11) is 0. The molecule has 0 saturated heterocycles. The van der Waals surface area contributed by atoms with Crippen molar-refractivity contribution < 1.29 is 4.79 Å². The summed E-state index contributed by atoms with van der Waals surface area (Å²) < 4.78 is 0. The largest absolute Gasteiger partial charge is 0.305 e. The average molecular weight is 317 g/mol. The van der Waals surface area contributed by atoms with Crippen molar-refractivity contribution in [3.8, 4) is 0 Å². The average Bonchev–Trinajstić information content (AvgIpc) is 2.44. The highest BCUT2D eigenvalue weighted by Gasteiger charge is 2.12. The molecular formula is C12H8Cl3N3O. The first kappa shape index (κ1) is 14.1. The number of alkyl halides is 1. The molecule has 1 heterocycles. The molecule has 0 aliphatic rings. The van der Waals surface area contributed by atoms with Crippen molar-refractivity contribution in [2.24, 2.45) is 0 Å². The fraction of sp³-hybridized carbons (Fsp3) is 0.0833. The molecule has 4 nitrogen and oxygen atoms in total. The van der Waals surface area contributed by atoms with Gasteiger partial charge in [-0.25, -0.2) is 9.97 Å². The zero-order valence-corrected chi connectivity index (χ0v) is 11.8. The zero-order chi connectivity index (χ0) is 13.8. The van der Waals surface area contributed by atoms with E-state index < -0.39 is 0 Å². The van der Waals surface area contributed by atoms with Crippen molar-refractivity contribution in [1.29, 1.82) is 0 Å². The highest BCUT2D eigenvalue weighted by atomic mass is 35.5. The lowest BCUT2D eigenvalue weighted by atomic mass is 10.1. The van der Waals surface area contributed by atoms with Gasteiger partial charge in [-0.15, -0.1) is 11.6 Å². The van der Waals surface area contributed by atoms with Gasteiger partial charge in [-0.3, -0.25) is 4.79 Å². The number of halogens is 3. The predicted molar refractivity (Wildman–Crippen MR) is 76.0 cm³/mol. The van der Waals surface area contributed by atoms with E-state index in [-0.39, 0.29) is 21.9 Å². The second-order valence-corrected chi connectivity index (χ2v) is 4.61. The van der Waals surface area contributed by atoms with E-state index in [0.717, 1.165) is 5.56 Å². The lowest BCUT2D eigenvalue weighted by molar-refractivity contribution is 0.102. The molecule has 0 aliphatic heterocycles. The lowest BCUT2D eigenvalue weighted by Crippen LogP contribution is -2.13. The van der Waals surface area contributed by atoms with E-state index in [9.17, 15) is 4.79 Å². The molecule has 0 spiro atoms. The molecule has 1 aromatic heterocycles. The first-order valence-electron chi connectivity index (χ1n) is 5.24. The molecule has 0 saturated carbocycles. The number of nitrogens with one attached hydrogen (secondary N) is 1. The van der Waals surface area contributed by atoms with E-state index >= 15 is 0 Å². The fourth-order valence-electron chi connectivity index (χ4n) is 1.36. The van der Waals surface area contributed by atoms with E-state index in [1.54, 1.807) is 24.3 Å². The summed E-state index contributed by atoms with van der Waals surface area (Å²) in [5.74, 6) is 0.237. The van der Waals surface area contributed by atoms with Crippen LogP contribution in [0.2, 0.25) is 10.2 Å².